The summed E-state index contributed by atoms with van der Waals surface area (Å²) in [6, 6.07) is 0. The number of methoxy groups -OCH3 is 1. The molecule has 0 fully saturated rings. The minimum atomic E-state index is -0.468. The van der Waals surface area contributed by atoms with Gasteiger partial charge < -0.3 is 9.47 Å². The van der Waals surface area contributed by atoms with Crippen molar-refractivity contribution in [3.8, 4) is 0 Å². The number of halogens is 1. The number of rotatable bonds is 14. The third-order valence-electron chi connectivity index (χ3n) is 3.81. The third-order valence-corrected chi connectivity index (χ3v) is 4.11. The maximum atomic E-state index is 12.3. The zero-order chi connectivity index (χ0) is 16.8. The van der Waals surface area contributed by atoms with Crippen molar-refractivity contribution in [2.45, 2.75) is 71.3 Å². The van der Waals surface area contributed by atoms with Gasteiger partial charge in [0.05, 0.1) is 12.7 Å². The molecule has 0 unspecified atom stereocenters. The highest BCUT2D eigenvalue weighted by Crippen LogP contribution is 2.21. The lowest BCUT2D eigenvalue weighted by Gasteiger charge is -2.23. The fraction of sp³-hybridized carbons (Fsp3) is 0.882. The van der Waals surface area contributed by atoms with E-state index in [1.807, 2.05) is 0 Å². The highest BCUT2D eigenvalue weighted by molar-refractivity contribution is 6.18. The lowest BCUT2D eigenvalue weighted by molar-refractivity contribution is -0.147. The number of ketones is 1. The lowest BCUT2D eigenvalue weighted by Crippen LogP contribution is -2.33. The van der Waals surface area contributed by atoms with Crippen LogP contribution in [-0.2, 0) is 19.1 Å². The van der Waals surface area contributed by atoms with E-state index >= 15 is 0 Å². The van der Waals surface area contributed by atoms with E-state index in [2.05, 4.69) is 6.92 Å². The number of esters is 1. The van der Waals surface area contributed by atoms with E-state index in [-0.39, 0.29) is 36.7 Å². The van der Waals surface area contributed by atoms with E-state index in [0.717, 1.165) is 19.3 Å². The summed E-state index contributed by atoms with van der Waals surface area (Å²) in [7, 11) is 1.55. The van der Waals surface area contributed by atoms with Gasteiger partial charge in [-0.2, -0.15) is 0 Å². The molecule has 0 aromatic heterocycles. The molecular weight excluding hydrogens is 304 g/mol. The average Bonchev–Trinajstić information content (AvgIpc) is 2.49. The molecule has 0 bridgehead atoms. The molecule has 0 N–H and O–H groups in total. The predicted molar refractivity (Wildman–Crippen MR) is 89.3 cm³/mol. The Morgan fingerprint density at radius 2 is 1.68 bits per heavy atom. The fourth-order valence-corrected chi connectivity index (χ4v) is 2.86. The molecule has 0 radical (unpaired) electrons. The van der Waals surface area contributed by atoms with E-state index in [0.29, 0.717) is 0 Å². The van der Waals surface area contributed by atoms with Gasteiger partial charge in [0, 0.05) is 18.9 Å². The summed E-state index contributed by atoms with van der Waals surface area (Å²) in [5, 5.41) is 0. The van der Waals surface area contributed by atoms with Crippen LogP contribution >= 0.6 is 11.6 Å². The van der Waals surface area contributed by atoms with E-state index in [9.17, 15) is 9.59 Å². The normalized spacial score (nSPS) is 13.6. The molecule has 0 aliphatic carbocycles. The molecule has 0 aliphatic rings. The second-order valence-corrected chi connectivity index (χ2v) is 5.85. The Morgan fingerprint density at radius 1 is 1.05 bits per heavy atom. The molecule has 0 aliphatic heterocycles. The number of unbranched alkanes of at least 4 members (excludes halogenated alkanes) is 5. The number of alkyl halides is 1. The van der Waals surface area contributed by atoms with Gasteiger partial charge in [-0.25, -0.2) is 0 Å². The molecule has 0 aromatic carbocycles. The molecule has 0 saturated carbocycles. The highest BCUT2D eigenvalue weighted by atomic mass is 35.5. The Labute approximate surface area is 139 Å². The predicted octanol–water partition coefficient (Wildman–Crippen LogP) is 4.13. The SMILES string of the molecule is CCCCCCCC[C@H](C(=O)CC(=O)OCC)[C@@H](CCl)OC. The first-order valence-electron chi connectivity index (χ1n) is 8.37. The van der Waals surface area contributed by atoms with E-state index in [1.54, 1.807) is 14.0 Å². The summed E-state index contributed by atoms with van der Waals surface area (Å²) in [5.41, 5.74) is 0. The smallest absolute Gasteiger partial charge is 0.313 e. The largest absolute Gasteiger partial charge is 0.466 e. The number of hydrogen-bond donors (Lipinski definition) is 0. The van der Waals surface area contributed by atoms with E-state index < -0.39 is 5.97 Å². The minimum absolute atomic E-state index is 0.125. The summed E-state index contributed by atoms with van der Waals surface area (Å²) in [6.45, 7) is 4.21. The van der Waals surface area contributed by atoms with Crippen LogP contribution in [0.5, 0.6) is 0 Å². The van der Waals surface area contributed by atoms with Crippen molar-refractivity contribution in [1.29, 1.82) is 0 Å². The Bertz CT molecular complexity index is 303. The number of carbonyl (C=O) groups excluding carboxylic acids is 2. The molecule has 0 saturated heterocycles. The molecule has 4 nitrogen and oxygen atoms in total. The summed E-state index contributed by atoms with van der Waals surface area (Å²) in [4.78, 5) is 23.8. The molecule has 0 aromatic rings. The Hall–Kier alpha value is -0.610. The molecular formula is C17H31ClO4. The fourth-order valence-electron chi connectivity index (χ4n) is 2.52. The first-order chi connectivity index (χ1) is 10.6. The van der Waals surface area contributed by atoms with Crippen LogP contribution in [-0.4, -0.2) is 37.5 Å². The number of Topliss-reactive ketones (excluding diaryl/α,β-unsaturated/α-hetero) is 1. The summed E-state index contributed by atoms with van der Waals surface area (Å²) < 4.78 is 10.2. The van der Waals surface area contributed by atoms with Crippen molar-refractivity contribution in [3.05, 3.63) is 0 Å². The van der Waals surface area contributed by atoms with Gasteiger partial charge in [0.15, 0.2) is 0 Å². The molecule has 22 heavy (non-hydrogen) atoms. The van der Waals surface area contributed by atoms with Crippen LogP contribution in [0.25, 0.3) is 0 Å². The first kappa shape index (κ1) is 21.4. The van der Waals surface area contributed by atoms with Crippen LogP contribution in [0.2, 0.25) is 0 Å². The van der Waals surface area contributed by atoms with Crippen molar-refractivity contribution in [3.63, 3.8) is 0 Å². The molecule has 0 amide bonds. The number of hydrogen-bond acceptors (Lipinski definition) is 4. The van der Waals surface area contributed by atoms with Crippen molar-refractivity contribution in [1.82, 2.24) is 0 Å². The third kappa shape index (κ3) is 9.42. The van der Waals surface area contributed by atoms with Crippen LogP contribution in [0.1, 0.15) is 65.2 Å². The maximum absolute atomic E-state index is 12.3. The van der Waals surface area contributed by atoms with Gasteiger partial charge in [-0.15, -0.1) is 11.6 Å². The van der Waals surface area contributed by atoms with Crippen LogP contribution in [0.3, 0.4) is 0 Å². The van der Waals surface area contributed by atoms with E-state index in [1.165, 1.54) is 25.7 Å². The molecule has 2 atom stereocenters. The van der Waals surface area contributed by atoms with Gasteiger partial charge >= 0.3 is 5.97 Å². The first-order valence-corrected chi connectivity index (χ1v) is 8.91. The van der Waals surface area contributed by atoms with Crippen LogP contribution < -0.4 is 0 Å². The average molecular weight is 335 g/mol. The topological polar surface area (TPSA) is 52.6 Å². The van der Waals surface area contributed by atoms with Gasteiger partial charge in [-0.1, -0.05) is 45.4 Å². The van der Waals surface area contributed by atoms with Gasteiger partial charge in [0.2, 0.25) is 0 Å². The van der Waals surface area contributed by atoms with Gasteiger partial charge in [0.25, 0.3) is 0 Å². The second kappa shape index (κ2) is 14.0. The molecule has 0 spiro atoms. The number of carbonyl (C=O) groups is 2. The van der Waals surface area contributed by atoms with Crippen LogP contribution in [0, 0.1) is 5.92 Å². The quantitative estimate of drug-likeness (QED) is 0.207. The number of ether oxygens (including phenoxy) is 2. The van der Waals surface area contributed by atoms with Crippen molar-refractivity contribution >= 4 is 23.4 Å². The van der Waals surface area contributed by atoms with Crippen LogP contribution in [0.4, 0.5) is 0 Å². The Kier molecular flexibility index (Phi) is 13.6. The van der Waals surface area contributed by atoms with Gasteiger partial charge in [-0.05, 0) is 13.3 Å². The molecule has 130 valence electrons. The van der Waals surface area contributed by atoms with Crippen molar-refractivity contribution in [2.24, 2.45) is 5.92 Å². The van der Waals surface area contributed by atoms with Gasteiger partial charge in [0.1, 0.15) is 12.2 Å². The molecule has 0 rings (SSSR count). The highest BCUT2D eigenvalue weighted by Gasteiger charge is 2.29. The standard InChI is InChI=1S/C17H31ClO4/c1-4-6-7-8-9-10-11-14(16(13-18)21-3)15(19)12-17(20)22-5-2/h14,16H,4-13H2,1-3H3/t14-,16-/m1/s1. The van der Waals surface area contributed by atoms with Gasteiger partial charge in [-0.3, -0.25) is 9.59 Å². The Morgan fingerprint density at radius 3 is 2.23 bits per heavy atom. The van der Waals surface area contributed by atoms with Crippen molar-refractivity contribution in [2.75, 3.05) is 19.6 Å². The Balaban J connectivity index is 4.36. The van der Waals surface area contributed by atoms with Crippen LogP contribution in [0.15, 0.2) is 0 Å². The lowest BCUT2D eigenvalue weighted by atomic mass is 9.90. The zero-order valence-electron chi connectivity index (χ0n) is 14.2. The summed E-state index contributed by atoms with van der Waals surface area (Å²) in [5.74, 6) is -0.659. The maximum Gasteiger partial charge on any atom is 0.313 e. The molecule has 0 heterocycles. The monoisotopic (exact) mass is 334 g/mol. The molecule has 5 heteroatoms. The van der Waals surface area contributed by atoms with Crippen molar-refractivity contribution < 1.29 is 19.1 Å². The minimum Gasteiger partial charge on any atom is -0.466 e. The zero-order valence-corrected chi connectivity index (χ0v) is 15.0. The second-order valence-electron chi connectivity index (χ2n) is 5.54. The van der Waals surface area contributed by atoms with E-state index in [4.69, 9.17) is 21.1 Å². The summed E-state index contributed by atoms with van der Waals surface area (Å²) >= 11 is 5.89. The summed E-state index contributed by atoms with van der Waals surface area (Å²) in [6.07, 6.45) is 7.15.